The van der Waals surface area contributed by atoms with Gasteiger partial charge in [-0.05, 0) is 67.6 Å². The molecule has 0 aromatic heterocycles. The summed E-state index contributed by atoms with van der Waals surface area (Å²) in [6.07, 6.45) is 8.04. The first-order valence-electron chi connectivity index (χ1n) is 9.08. The van der Waals surface area contributed by atoms with E-state index in [1.165, 1.54) is 6.42 Å². The normalized spacial score (nSPS) is 54.6. The average molecular weight is 323 g/mol. The Morgan fingerprint density at radius 3 is 2.45 bits per heavy atom. The molecule has 0 aliphatic heterocycles. The van der Waals surface area contributed by atoms with Gasteiger partial charge in [0.25, 0.3) is 0 Å². The second-order valence-corrected chi connectivity index (χ2v) is 9.32. The summed E-state index contributed by atoms with van der Waals surface area (Å²) >= 11 is 6.52. The maximum Gasteiger partial charge on any atom is 0.151 e. The summed E-state index contributed by atoms with van der Waals surface area (Å²) < 4.78 is 0. The van der Waals surface area contributed by atoms with Crippen LogP contribution in [-0.2, 0) is 9.59 Å². The number of Topliss-reactive ketones (excluding diaryl/α,β-unsaturated/α-hetero) is 2. The van der Waals surface area contributed by atoms with Crippen molar-refractivity contribution in [1.82, 2.24) is 0 Å². The Hall–Kier alpha value is -0.370. The number of fused-ring (bicyclic) bond motifs is 5. The summed E-state index contributed by atoms with van der Waals surface area (Å²) in [5, 5.41) is -0.266. The van der Waals surface area contributed by atoms with Gasteiger partial charge < -0.3 is 0 Å². The highest BCUT2D eigenvalue weighted by Crippen LogP contribution is 2.65. The molecule has 2 nitrogen and oxygen atoms in total. The van der Waals surface area contributed by atoms with Gasteiger partial charge in [0, 0.05) is 18.3 Å². The third kappa shape index (κ3) is 1.79. The number of carbonyl (C=O) groups is 2. The Morgan fingerprint density at radius 2 is 1.68 bits per heavy atom. The van der Waals surface area contributed by atoms with Crippen LogP contribution < -0.4 is 0 Å². The topological polar surface area (TPSA) is 34.1 Å². The number of carbonyl (C=O) groups excluding carboxylic acids is 2. The quantitative estimate of drug-likeness (QED) is 0.620. The number of hydrogen-bond acceptors (Lipinski definition) is 2. The molecule has 0 aromatic carbocycles. The lowest BCUT2D eigenvalue weighted by Gasteiger charge is -2.60. The fourth-order valence-electron chi connectivity index (χ4n) is 6.86. The monoisotopic (exact) mass is 322 g/mol. The first-order valence-corrected chi connectivity index (χ1v) is 9.51. The van der Waals surface area contributed by atoms with E-state index in [1.54, 1.807) is 0 Å². The molecule has 7 atom stereocenters. The van der Waals surface area contributed by atoms with Gasteiger partial charge in [0.15, 0.2) is 5.78 Å². The lowest BCUT2D eigenvalue weighted by molar-refractivity contribution is -0.143. The highest BCUT2D eigenvalue weighted by molar-refractivity contribution is 6.31. The molecule has 0 aromatic rings. The van der Waals surface area contributed by atoms with Crippen molar-refractivity contribution in [3.8, 4) is 0 Å². The van der Waals surface area contributed by atoms with Crippen molar-refractivity contribution in [1.29, 1.82) is 0 Å². The predicted molar refractivity (Wildman–Crippen MR) is 86.8 cm³/mol. The summed E-state index contributed by atoms with van der Waals surface area (Å²) in [5.74, 6) is 3.07. The number of ketones is 2. The van der Waals surface area contributed by atoms with Crippen LogP contribution in [0.4, 0.5) is 0 Å². The Kier molecular flexibility index (Phi) is 3.32. The molecule has 0 spiro atoms. The van der Waals surface area contributed by atoms with E-state index in [1.807, 2.05) is 0 Å². The van der Waals surface area contributed by atoms with Crippen LogP contribution in [0.5, 0.6) is 0 Å². The van der Waals surface area contributed by atoms with Crippen LogP contribution in [0.15, 0.2) is 0 Å². The maximum absolute atomic E-state index is 12.4. The summed E-state index contributed by atoms with van der Waals surface area (Å²) in [5.41, 5.74) is 0.172. The SMILES string of the molecule is C[C@]12CCC(=O)[C@@H](Cl)[C@@H]1CC[C@@H]1[C@@H]2CC[C@@]2(C)C(=O)CC[C@@H]12. The molecule has 4 aliphatic rings. The Bertz CT molecular complexity index is 530. The van der Waals surface area contributed by atoms with Crippen LogP contribution >= 0.6 is 11.6 Å². The molecule has 0 saturated heterocycles. The van der Waals surface area contributed by atoms with E-state index in [0.29, 0.717) is 35.9 Å². The van der Waals surface area contributed by atoms with Crippen molar-refractivity contribution in [2.75, 3.05) is 0 Å². The highest BCUT2D eigenvalue weighted by atomic mass is 35.5. The molecule has 0 N–H and O–H groups in total. The van der Waals surface area contributed by atoms with Crippen molar-refractivity contribution >= 4 is 23.2 Å². The molecule has 0 unspecified atom stereocenters. The fourth-order valence-corrected chi connectivity index (χ4v) is 7.39. The van der Waals surface area contributed by atoms with Crippen LogP contribution in [0.1, 0.15) is 65.2 Å². The predicted octanol–water partition coefficient (Wildman–Crippen LogP) is 4.38. The van der Waals surface area contributed by atoms with Crippen molar-refractivity contribution in [3.05, 3.63) is 0 Å². The van der Waals surface area contributed by atoms with E-state index in [4.69, 9.17) is 11.6 Å². The van der Waals surface area contributed by atoms with Gasteiger partial charge >= 0.3 is 0 Å². The molecule has 4 fully saturated rings. The summed E-state index contributed by atoms with van der Waals surface area (Å²) in [6.45, 7) is 4.63. The lowest BCUT2D eigenvalue weighted by Crippen LogP contribution is -2.56. The third-order valence-electron chi connectivity index (χ3n) is 8.22. The molecule has 3 heteroatoms. The number of rotatable bonds is 0. The van der Waals surface area contributed by atoms with Crippen LogP contribution in [0.2, 0.25) is 0 Å². The van der Waals surface area contributed by atoms with Crippen molar-refractivity contribution < 1.29 is 9.59 Å². The zero-order chi connectivity index (χ0) is 15.7. The summed E-state index contributed by atoms with van der Waals surface area (Å²) in [6, 6.07) is 0. The van der Waals surface area contributed by atoms with Crippen molar-refractivity contribution in [3.63, 3.8) is 0 Å². The Balaban J connectivity index is 1.67. The Labute approximate surface area is 138 Å². The molecule has 122 valence electrons. The number of halogens is 1. The first-order chi connectivity index (χ1) is 10.4. The zero-order valence-corrected chi connectivity index (χ0v) is 14.5. The number of alkyl halides is 1. The van der Waals surface area contributed by atoms with E-state index in [9.17, 15) is 9.59 Å². The van der Waals surface area contributed by atoms with Crippen LogP contribution in [0.25, 0.3) is 0 Å². The minimum atomic E-state index is -0.266. The minimum Gasteiger partial charge on any atom is -0.299 e. The van der Waals surface area contributed by atoms with Crippen molar-refractivity contribution in [2.24, 2.45) is 34.5 Å². The number of hydrogen-bond donors (Lipinski definition) is 0. The van der Waals surface area contributed by atoms with Gasteiger partial charge in [-0.2, -0.15) is 0 Å². The van der Waals surface area contributed by atoms with Gasteiger partial charge in [0.1, 0.15) is 5.78 Å². The second-order valence-electron chi connectivity index (χ2n) is 8.85. The van der Waals surface area contributed by atoms with Gasteiger partial charge in [-0.1, -0.05) is 13.8 Å². The zero-order valence-electron chi connectivity index (χ0n) is 13.7. The average Bonchev–Trinajstić information content (AvgIpc) is 2.79. The second kappa shape index (κ2) is 4.82. The van der Waals surface area contributed by atoms with E-state index < -0.39 is 0 Å². The maximum atomic E-state index is 12.4. The fraction of sp³-hybridized carbons (Fsp3) is 0.895. The standard InChI is InChI=1S/C19H27ClO2/c1-18-10-8-15(21)17(20)14(18)4-3-11-12-5-6-16(22)19(12,2)9-7-13(11)18/h11-14,17H,3-10H2,1-2H3/t11-,12-,13-,14-,17-,18+,19+/m0/s1. The van der Waals surface area contributed by atoms with Gasteiger partial charge in [-0.3, -0.25) is 9.59 Å². The van der Waals surface area contributed by atoms with E-state index in [0.717, 1.165) is 38.5 Å². The molecule has 4 saturated carbocycles. The minimum absolute atomic E-state index is 0.0464. The molecule has 0 bridgehead atoms. The third-order valence-corrected chi connectivity index (χ3v) is 8.77. The molecule has 0 heterocycles. The smallest absolute Gasteiger partial charge is 0.151 e. The molecular weight excluding hydrogens is 296 g/mol. The first kappa shape index (κ1) is 15.2. The summed E-state index contributed by atoms with van der Waals surface area (Å²) in [7, 11) is 0. The molecule has 0 amide bonds. The molecule has 4 rings (SSSR count). The van der Waals surface area contributed by atoms with Gasteiger partial charge in [0.05, 0.1) is 5.38 Å². The highest BCUT2D eigenvalue weighted by Gasteiger charge is 2.61. The van der Waals surface area contributed by atoms with Crippen LogP contribution in [0.3, 0.4) is 0 Å². The molecule has 22 heavy (non-hydrogen) atoms. The lowest BCUT2D eigenvalue weighted by atomic mass is 9.45. The largest absolute Gasteiger partial charge is 0.299 e. The Morgan fingerprint density at radius 1 is 0.909 bits per heavy atom. The van der Waals surface area contributed by atoms with E-state index in [-0.39, 0.29) is 22.0 Å². The van der Waals surface area contributed by atoms with Gasteiger partial charge in [-0.15, -0.1) is 11.6 Å². The van der Waals surface area contributed by atoms with Crippen LogP contribution in [0, 0.1) is 34.5 Å². The van der Waals surface area contributed by atoms with Crippen LogP contribution in [-0.4, -0.2) is 16.9 Å². The van der Waals surface area contributed by atoms with E-state index in [2.05, 4.69) is 13.8 Å². The molecular formula is C19H27ClO2. The van der Waals surface area contributed by atoms with Crippen molar-refractivity contribution in [2.45, 2.75) is 70.6 Å². The van der Waals surface area contributed by atoms with E-state index >= 15 is 0 Å². The summed E-state index contributed by atoms with van der Waals surface area (Å²) in [4.78, 5) is 24.4. The molecule has 0 radical (unpaired) electrons. The van der Waals surface area contributed by atoms with Gasteiger partial charge in [-0.25, -0.2) is 0 Å². The van der Waals surface area contributed by atoms with Gasteiger partial charge in [0.2, 0.25) is 0 Å². The molecule has 4 aliphatic carbocycles.